The minimum atomic E-state index is -4.80. The molecule has 4 aromatic carbocycles. The van der Waals surface area contributed by atoms with E-state index in [2.05, 4.69) is 166 Å². The van der Waals surface area contributed by atoms with Gasteiger partial charge in [-0.25, -0.2) is 0 Å². The van der Waals surface area contributed by atoms with E-state index < -0.39 is 21.5 Å². The molecule has 48 heavy (non-hydrogen) atoms. The van der Waals surface area contributed by atoms with E-state index in [0.29, 0.717) is 0 Å². The molecule has 0 amide bonds. The molecule has 2 aliphatic carbocycles. The SMILES string of the molecule is CCC1=Cc2c(-c3ccc(C(C)(C)C)cc3)cccc2[CH]1[Zr]([Cl])([Cl])([CH]1C(C)=C(C)c2c(-c3ccc(C(C)(C)C)cc3)cccc21)[SiH](C)C. The molecule has 0 radical (unpaired) electrons. The van der Waals surface area contributed by atoms with Crippen molar-refractivity contribution in [1.82, 2.24) is 0 Å². The van der Waals surface area contributed by atoms with E-state index in [9.17, 15) is 0 Å². The monoisotopic (exact) mass is 769 g/mol. The molecule has 0 heterocycles. The van der Waals surface area contributed by atoms with Gasteiger partial charge in [0.15, 0.2) is 0 Å². The van der Waals surface area contributed by atoms with Crippen LogP contribution in [-0.4, -0.2) is 5.92 Å². The van der Waals surface area contributed by atoms with Crippen LogP contribution < -0.4 is 0 Å². The maximum absolute atomic E-state index is 8.63. The number of hydrogen-bond acceptors (Lipinski definition) is 0. The Bertz CT molecular complexity index is 1950. The van der Waals surface area contributed by atoms with E-state index in [-0.39, 0.29) is 18.1 Å². The summed E-state index contributed by atoms with van der Waals surface area (Å²) < 4.78 is 0.189. The van der Waals surface area contributed by atoms with Crippen molar-refractivity contribution in [1.29, 1.82) is 0 Å². The predicted octanol–water partition coefficient (Wildman–Crippen LogP) is 14.0. The molecule has 251 valence electrons. The molecule has 2 unspecified atom stereocenters. The van der Waals surface area contributed by atoms with E-state index >= 15 is 0 Å². The van der Waals surface area contributed by atoms with Gasteiger partial charge in [-0.1, -0.05) is 0 Å². The summed E-state index contributed by atoms with van der Waals surface area (Å²) in [5.74, 6) is -1.62. The third kappa shape index (κ3) is 5.66. The van der Waals surface area contributed by atoms with Gasteiger partial charge in [-0.2, -0.15) is 0 Å². The van der Waals surface area contributed by atoms with Crippen LogP contribution >= 0.6 is 17.0 Å². The fourth-order valence-electron chi connectivity index (χ4n) is 8.63. The van der Waals surface area contributed by atoms with E-state index in [4.69, 9.17) is 17.0 Å². The van der Waals surface area contributed by atoms with Crippen LogP contribution in [0.4, 0.5) is 0 Å². The predicted molar refractivity (Wildman–Crippen MR) is 214 cm³/mol. The standard InChI is InChI=1S/2C21H23.C2H7Si.2ClH.Zr/c1-14-13-17-7-6-8-19(20(17)15(14)2)16-9-11-18(12-10-16)21(3,4)5;1-5-15-13-17-7-6-8-19(20(17)14-15)16-9-11-18(12-10-16)21(2,3)4;1-3-2;;;/h6-13H,1-5H3;6-14H,5H2,1-4H3;3H,1-2H3;2*1H;/q;;;;;+2/p-2. The second kappa shape index (κ2) is 12.4. The number of fused-ring (bicyclic) bond motifs is 2. The Morgan fingerprint density at radius 1 is 0.646 bits per heavy atom. The first-order valence-corrected chi connectivity index (χ1v) is 34.1. The second-order valence-corrected chi connectivity index (χ2v) is 59.4. The zero-order valence-corrected chi connectivity index (χ0v) is 36.0. The van der Waals surface area contributed by atoms with E-state index in [1.165, 1.54) is 72.4 Å². The van der Waals surface area contributed by atoms with Gasteiger partial charge < -0.3 is 0 Å². The number of halogens is 2. The van der Waals surface area contributed by atoms with Crippen molar-refractivity contribution in [2.24, 2.45) is 0 Å². The summed E-state index contributed by atoms with van der Waals surface area (Å²) in [6.45, 7) is 25.5. The summed E-state index contributed by atoms with van der Waals surface area (Å²) in [6.07, 6.45) is 3.42. The number of allylic oxidation sites excluding steroid dienone is 3. The molecule has 6 rings (SSSR count). The summed E-state index contributed by atoms with van der Waals surface area (Å²) in [4.78, 5) is 0. The van der Waals surface area contributed by atoms with E-state index in [0.717, 1.165) is 6.42 Å². The molecule has 0 aliphatic heterocycles. The van der Waals surface area contributed by atoms with Gasteiger partial charge in [0.25, 0.3) is 0 Å². The molecule has 0 fully saturated rings. The number of rotatable bonds is 6. The first-order chi connectivity index (χ1) is 22.4. The Morgan fingerprint density at radius 3 is 1.60 bits per heavy atom. The zero-order valence-electron chi connectivity index (χ0n) is 30.9. The summed E-state index contributed by atoms with van der Waals surface area (Å²) in [6, 6.07) is 32.1. The van der Waals surface area contributed by atoms with Crippen LogP contribution in [0.5, 0.6) is 0 Å². The summed E-state index contributed by atoms with van der Waals surface area (Å²) in [5, 5.41) is 0. The van der Waals surface area contributed by atoms with Crippen molar-refractivity contribution < 1.29 is 15.6 Å². The molecule has 0 N–H and O–H groups in total. The molecule has 0 aromatic heterocycles. The van der Waals surface area contributed by atoms with E-state index in [1.807, 2.05) is 0 Å². The Balaban J connectivity index is 1.52. The minimum absolute atomic E-state index is 0.0888. The fraction of sp³-hybridized carbons (Fsp3) is 0.364. The molecule has 2 aliphatic rings. The zero-order chi connectivity index (χ0) is 35.0. The Morgan fingerprint density at radius 2 is 1.12 bits per heavy atom. The molecule has 0 saturated carbocycles. The maximum atomic E-state index is 8.63. The van der Waals surface area contributed by atoms with Crippen molar-refractivity contribution >= 4 is 34.6 Å². The molecule has 0 saturated heterocycles. The molecule has 2 atom stereocenters. The molecule has 4 aromatic rings. The van der Waals surface area contributed by atoms with Gasteiger partial charge in [-0.15, -0.1) is 0 Å². The van der Waals surface area contributed by atoms with Crippen LogP contribution in [0, 0.1) is 0 Å². The fourth-order valence-corrected chi connectivity index (χ4v) is 41.0. The van der Waals surface area contributed by atoms with Crippen LogP contribution in [0.1, 0.15) is 109 Å². The molecule has 0 nitrogen and oxygen atoms in total. The first-order valence-electron chi connectivity index (χ1n) is 17.8. The Labute approximate surface area is 299 Å². The molecule has 4 heteroatoms. The number of hydrogen-bond donors (Lipinski definition) is 0. The van der Waals surface area contributed by atoms with Gasteiger partial charge in [0, 0.05) is 0 Å². The third-order valence-corrected chi connectivity index (χ3v) is 63.7. The Kier molecular flexibility index (Phi) is 9.24. The van der Waals surface area contributed by atoms with Gasteiger partial charge in [0.2, 0.25) is 0 Å². The Hall–Kier alpha value is -1.96. The summed E-state index contributed by atoms with van der Waals surface area (Å²) in [5.41, 5.74) is 17.6. The van der Waals surface area contributed by atoms with Gasteiger partial charge >= 0.3 is 302 Å². The van der Waals surface area contributed by atoms with E-state index in [1.54, 1.807) is 0 Å². The van der Waals surface area contributed by atoms with Crippen LogP contribution in [0.25, 0.3) is 33.9 Å². The first kappa shape index (κ1) is 35.9. The van der Waals surface area contributed by atoms with Crippen LogP contribution in [-0.2, 0) is 26.4 Å². The number of benzene rings is 4. The topological polar surface area (TPSA) is 0 Å². The van der Waals surface area contributed by atoms with Gasteiger partial charge in [0.05, 0.1) is 0 Å². The third-order valence-electron chi connectivity index (χ3n) is 11.7. The van der Waals surface area contributed by atoms with Crippen molar-refractivity contribution in [2.75, 3.05) is 0 Å². The van der Waals surface area contributed by atoms with Crippen LogP contribution in [0.15, 0.2) is 96.1 Å². The molecular weight excluding hydrogens is 719 g/mol. The van der Waals surface area contributed by atoms with Crippen LogP contribution in [0.3, 0.4) is 0 Å². The quantitative estimate of drug-likeness (QED) is 0.171. The van der Waals surface area contributed by atoms with Crippen LogP contribution in [0.2, 0.25) is 13.1 Å². The second-order valence-electron chi connectivity index (χ2n) is 16.9. The summed E-state index contributed by atoms with van der Waals surface area (Å²) >= 11 is -4.80. The van der Waals surface area contributed by atoms with Crippen molar-refractivity contribution in [2.45, 2.75) is 99.9 Å². The normalized spacial score (nSPS) is 18.9. The van der Waals surface area contributed by atoms with Gasteiger partial charge in [-0.3, -0.25) is 0 Å². The van der Waals surface area contributed by atoms with Crippen molar-refractivity contribution in [3.05, 3.63) is 129 Å². The average Bonchev–Trinajstić information content (AvgIpc) is 3.56. The van der Waals surface area contributed by atoms with Gasteiger partial charge in [0.1, 0.15) is 0 Å². The average molecular weight is 772 g/mol. The molecule has 0 spiro atoms. The molecular formula is C44H53Cl2SiZr. The summed E-state index contributed by atoms with van der Waals surface area (Å²) in [7, 11) is 17.3. The van der Waals surface area contributed by atoms with Gasteiger partial charge in [-0.05, 0) is 0 Å². The van der Waals surface area contributed by atoms with Crippen molar-refractivity contribution in [3.8, 4) is 22.3 Å². The van der Waals surface area contributed by atoms with Crippen molar-refractivity contribution in [3.63, 3.8) is 0 Å². The molecule has 0 bridgehead atoms.